The van der Waals surface area contributed by atoms with Gasteiger partial charge < -0.3 is 10.1 Å². The van der Waals surface area contributed by atoms with Crippen LogP contribution in [0, 0.1) is 11.8 Å². The van der Waals surface area contributed by atoms with Crippen molar-refractivity contribution in [3.63, 3.8) is 0 Å². The summed E-state index contributed by atoms with van der Waals surface area (Å²) in [6.45, 7) is 8.35. The SMILES string of the molecule is CC[C@H](NC(=O)OC(C)(C)C)C(=O)[C@@H]1C(=O)NC(=O)[C@H]1C. The van der Waals surface area contributed by atoms with Crippen molar-refractivity contribution in [1.29, 1.82) is 0 Å². The molecule has 0 aromatic heterocycles. The van der Waals surface area contributed by atoms with Gasteiger partial charge in [0.25, 0.3) is 0 Å². The van der Waals surface area contributed by atoms with E-state index < -0.39 is 47.2 Å². The van der Waals surface area contributed by atoms with Crippen molar-refractivity contribution in [3.05, 3.63) is 0 Å². The average Bonchev–Trinajstić information content (AvgIpc) is 2.57. The Balaban J connectivity index is 2.76. The van der Waals surface area contributed by atoms with Crippen LogP contribution < -0.4 is 10.6 Å². The zero-order valence-electron chi connectivity index (χ0n) is 13.0. The molecule has 7 nitrogen and oxygen atoms in total. The number of carbonyl (C=O) groups excluding carboxylic acids is 4. The molecule has 0 radical (unpaired) electrons. The lowest BCUT2D eigenvalue weighted by Crippen LogP contribution is -2.47. The van der Waals surface area contributed by atoms with Gasteiger partial charge >= 0.3 is 6.09 Å². The predicted molar refractivity (Wildman–Crippen MR) is 74.3 cm³/mol. The number of ketones is 1. The van der Waals surface area contributed by atoms with E-state index >= 15 is 0 Å². The molecule has 1 rings (SSSR count). The van der Waals surface area contributed by atoms with E-state index in [1.54, 1.807) is 27.7 Å². The van der Waals surface area contributed by atoms with Gasteiger partial charge in [0.1, 0.15) is 11.5 Å². The van der Waals surface area contributed by atoms with Gasteiger partial charge in [-0.15, -0.1) is 0 Å². The van der Waals surface area contributed by atoms with E-state index in [0.717, 1.165) is 0 Å². The summed E-state index contributed by atoms with van der Waals surface area (Å²) in [6, 6.07) is -0.857. The number of rotatable bonds is 4. The Bertz CT molecular complexity index is 466. The molecule has 1 fully saturated rings. The summed E-state index contributed by atoms with van der Waals surface area (Å²) in [5.41, 5.74) is -0.681. The quantitative estimate of drug-likeness (QED) is 0.589. The van der Waals surface area contributed by atoms with E-state index in [0.29, 0.717) is 6.42 Å². The van der Waals surface area contributed by atoms with Gasteiger partial charge in [0.05, 0.1) is 12.0 Å². The summed E-state index contributed by atoms with van der Waals surface area (Å²) in [7, 11) is 0. The minimum Gasteiger partial charge on any atom is -0.444 e. The van der Waals surface area contributed by atoms with Crippen molar-refractivity contribution in [2.75, 3.05) is 0 Å². The van der Waals surface area contributed by atoms with Crippen LogP contribution in [0.15, 0.2) is 0 Å². The molecule has 0 aliphatic carbocycles. The first-order valence-corrected chi connectivity index (χ1v) is 6.94. The smallest absolute Gasteiger partial charge is 0.408 e. The number of nitrogens with one attached hydrogen (secondary N) is 2. The van der Waals surface area contributed by atoms with Crippen LogP contribution in [0.5, 0.6) is 0 Å². The number of Topliss-reactive ketones (excluding diaryl/α,β-unsaturated/α-hetero) is 1. The summed E-state index contributed by atoms with van der Waals surface area (Å²) in [4.78, 5) is 47.2. The third-order valence-corrected chi connectivity index (χ3v) is 3.19. The average molecular weight is 298 g/mol. The lowest BCUT2D eigenvalue weighted by molar-refractivity contribution is -0.134. The third kappa shape index (κ3) is 4.27. The Hall–Kier alpha value is -1.92. The van der Waals surface area contributed by atoms with Gasteiger partial charge in [0.15, 0.2) is 5.78 Å². The molecule has 0 bridgehead atoms. The molecule has 3 amide bonds. The van der Waals surface area contributed by atoms with Crippen LogP contribution in [-0.2, 0) is 19.1 Å². The molecule has 0 spiro atoms. The van der Waals surface area contributed by atoms with Gasteiger partial charge in [-0.3, -0.25) is 19.7 Å². The second-order valence-corrected chi connectivity index (χ2v) is 6.13. The van der Waals surface area contributed by atoms with Gasteiger partial charge in [0.2, 0.25) is 11.8 Å². The highest BCUT2D eigenvalue weighted by molar-refractivity contribution is 6.16. The van der Waals surface area contributed by atoms with E-state index in [4.69, 9.17) is 4.74 Å². The molecule has 0 aromatic carbocycles. The van der Waals surface area contributed by atoms with Crippen molar-refractivity contribution < 1.29 is 23.9 Å². The van der Waals surface area contributed by atoms with Crippen molar-refractivity contribution in [2.45, 2.75) is 52.7 Å². The van der Waals surface area contributed by atoms with E-state index in [1.165, 1.54) is 6.92 Å². The summed E-state index contributed by atoms with van der Waals surface area (Å²) in [6.07, 6.45) is -0.414. The van der Waals surface area contributed by atoms with Crippen LogP contribution in [0.3, 0.4) is 0 Å². The lowest BCUT2D eigenvalue weighted by Gasteiger charge is -2.24. The molecular formula is C14H22N2O5. The largest absolute Gasteiger partial charge is 0.444 e. The van der Waals surface area contributed by atoms with Crippen molar-refractivity contribution in [1.82, 2.24) is 10.6 Å². The molecule has 1 aliphatic rings. The number of ether oxygens (including phenoxy) is 1. The summed E-state index contributed by atoms with van der Waals surface area (Å²) >= 11 is 0. The van der Waals surface area contributed by atoms with Gasteiger partial charge in [-0.25, -0.2) is 4.79 Å². The monoisotopic (exact) mass is 298 g/mol. The predicted octanol–water partition coefficient (Wildman–Crippen LogP) is 0.767. The molecule has 1 saturated heterocycles. The molecule has 1 heterocycles. The molecule has 21 heavy (non-hydrogen) atoms. The first kappa shape index (κ1) is 17.1. The summed E-state index contributed by atoms with van der Waals surface area (Å²) < 4.78 is 5.09. The van der Waals surface area contributed by atoms with Crippen LogP contribution in [0.4, 0.5) is 4.79 Å². The van der Waals surface area contributed by atoms with Crippen LogP contribution >= 0.6 is 0 Å². The Morgan fingerprint density at radius 1 is 1.29 bits per heavy atom. The second kappa shape index (κ2) is 6.24. The van der Waals surface area contributed by atoms with E-state index in [1.807, 2.05) is 0 Å². The molecule has 0 aromatic rings. The molecular weight excluding hydrogens is 276 g/mol. The highest BCUT2D eigenvalue weighted by Gasteiger charge is 2.45. The standard InChI is InChI=1S/C14H22N2O5/c1-6-8(15-13(20)21-14(3,4)5)10(17)9-7(2)11(18)16-12(9)19/h7-9H,6H2,1-5H3,(H,15,20)(H,16,18,19)/t7-,8-,9+/m0/s1. The number of carbonyl (C=O) groups is 4. The molecule has 0 saturated carbocycles. The minimum absolute atomic E-state index is 0.308. The Labute approximate surface area is 123 Å². The number of hydrogen-bond donors (Lipinski definition) is 2. The normalized spacial score (nSPS) is 23.5. The fraction of sp³-hybridized carbons (Fsp3) is 0.714. The Morgan fingerprint density at radius 2 is 1.86 bits per heavy atom. The van der Waals surface area contributed by atoms with Crippen LogP contribution in [-0.4, -0.2) is 35.3 Å². The Kier molecular flexibility index (Phi) is 5.09. The highest BCUT2D eigenvalue weighted by Crippen LogP contribution is 2.22. The van der Waals surface area contributed by atoms with Crippen LogP contribution in [0.1, 0.15) is 41.0 Å². The molecule has 3 atom stereocenters. The highest BCUT2D eigenvalue weighted by atomic mass is 16.6. The molecule has 1 aliphatic heterocycles. The third-order valence-electron chi connectivity index (χ3n) is 3.19. The van der Waals surface area contributed by atoms with Crippen molar-refractivity contribution in [2.24, 2.45) is 11.8 Å². The zero-order chi connectivity index (χ0) is 16.4. The number of hydrogen-bond acceptors (Lipinski definition) is 5. The van der Waals surface area contributed by atoms with Gasteiger partial charge in [-0.1, -0.05) is 13.8 Å². The maximum atomic E-state index is 12.4. The first-order chi connectivity index (χ1) is 9.56. The summed E-state index contributed by atoms with van der Waals surface area (Å²) in [5.74, 6) is -3.33. The zero-order valence-corrected chi connectivity index (χ0v) is 13.0. The van der Waals surface area contributed by atoms with Crippen LogP contribution in [0.2, 0.25) is 0 Å². The Morgan fingerprint density at radius 3 is 2.24 bits per heavy atom. The number of alkyl carbamates (subject to hydrolysis) is 1. The first-order valence-electron chi connectivity index (χ1n) is 6.94. The summed E-state index contributed by atoms with van der Waals surface area (Å²) in [5, 5.41) is 4.58. The maximum absolute atomic E-state index is 12.4. The molecule has 2 N–H and O–H groups in total. The van der Waals surface area contributed by atoms with Gasteiger partial charge in [0, 0.05) is 0 Å². The number of imide groups is 1. The maximum Gasteiger partial charge on any atom is 0.408 e. The fourth-order valence-electron chi connectivity index (χ4n) is 2.11. The van der Waals surface area contributed by atoms with Crippen molar-refractivity contribution >= 4 is 23.7 Å². The minimum atomic E-state index is -1.06. The van der Waals surface area contributed by atoms with Crippen molar-refractivity contribution in [3.8, 4) is 0 Å². The van der Waals surface area contributed by atoms with E-state index in [9.17, 15) is 19.2 Å². The van der Waals surface area contributed by atoms with Gasteiger partial charge in [-0.05, 0) is 27.2 Å². The van der Waals surface area contributed by atoms with E-state index in [-0.39, 0.29) is 0 Å². The van der Waals surface area contributed by atoms with Crippen LogP contribution in [0.25, 0.3) is 0 Å². The second-order valence-electron chi connectivity index (χ2n) is 6.13. The van der Waals surface area contributed by atoms with E-state index in [2.05, 4.69) is 10.6 Å². The fourth-order valence-corrected chi connectivity index (χ4v) is 2.11. The topological polar surface area (TPSA) is 102 Å². The lowest BCUT2D eigenvalue weighted by atomic mass is 9.88. The number of amides is 3. The molecule has 0 unspecified atom stereocenters. The molecule has 118 valence electrons. The van der Waals surface area contributed by atoms with Gasteiger partial charge in [-0.2, -0.15) is 0 Å². The molecule has 7 heteroatoms.